The molecule has 0 saturated heterocycles. The second-order valence-corrected chi connectivity index (χ2v) is 5.47. The smallest absolute Gasteiger partial charge is 0.258 e. The molecule has 0 unspecified atom stereocenters. The first-order valence-electron chi connectivity index (χ1n) is 6.45. The lowest BCUT2D eigenvalue weighted by Crippen LogP contribution is -2.21. The first-order valence-corrected chi connectivity index (χ1v) is 6.83. The third-order valence-electron chi connectivity index (χ3n) is 2.91. The number of aromatic nitrogens is 2. The van der Waals surface area contributed by atoms with Gasteiger partial charge in [0.15, 0.2) is 0 Å². The Kier molecular flexibility index (Phi) is 4.56. The average molecular weight is 280 g/mol. The van der Waals surface area contributed by atoms with Gasteiger partial charge in [-0.25, -0.2) is 4.98 Å². The number of hydrogen-bond acceptors (Lipinski definition) is 3. The van der Waals surface area contributed by atoms with Crippen molar-refractivity contribution in [1.82, 2.24) is 15.3 Å². The van der Waals surface area contributed by atoms with Crippen molar-refractivity contribution in [2.45, 2.75) is 26.8 Å². The lowest BCUT2D eigenvalue weighted by molar-refractivity contribution is 0.531. The molecule has 102 valence electrons. The van der Waals surface area contributed by atoms with Crippen LogP contribution in [0.15, 0.2) is 23.0 Å². The van der Waals surface area contributed by atoms with Gasteiger partial charge in [0.1, 0.15) is 5.82 Å². The highest BCUT2D eigenvalue weighted by atomic mass is 35.5. The van der Waals surface area contributed by atoms with Gasteiger partial charge in [0.05, 0.1) is 17.4 Å². The van der Waals surface area contributed by atoms with E-state index in [0.29, 0.717) is 34.2 Å². The van der Waals surface area contributed by atoms with Crippen LogP contribution < -0.4 is 10.9 Å². The SMILES string of the molecule is CC(C)CCNCc1nc2cc(Cl)ccc2c(=O)[nH]1. The van der Waals surface area contributed by atoms with Gasteiger partial charge >= 0.3 is 0 Å². The first-order chi connectivity index (χ1) is 9.06. The minimum atomic E-state index is -0.123. The molecular weight excluding hydrogens is 262 g/mol. The highest BCUT2D eigenvalue weighted by molar-refractivity contribution is 6.31. The van der Waals surface area contributed by atoms with Crippen LogP contribution in [0.5, 0.6) is 0 Å². The van der Waals surface area contributed by atoms with Gasteiger partial charge in [-0.15, -0.1) is 0 Å². The summed E-state index contributed by atoms with van der Waals surface area (Å²) in [5.74, 6) is 1.30. The highest BCUT2D eigenvalue weighted by Gasteiger charge is 2.04. The lowest BCUT2D eigenvalue weighted by Gasteiger charge is -2.07. The molecule has 2 aromatic rings. The Hall–Kier alpha value is -1.39. The van der Waals surface area contributed by atoms with Crippen LogP contribution in [0.1, 0.15) is 26.1 Å². The third kappa shape index (κ3) is 3.78. The summed E-state index contributed by atoms with van der Waals surface area (Å²) in [6, 6.07) is 5.10. The molecule has 19 heavy (non-hydrogen) atoms. The first kappa shape index (κ1) is 14.0. The molecule has 2 rings (SSSR count). The number of nitrogens with one attached hydrogen (secondary N) is 2. The van der Waals surface area contributed by atoms with E-state index in [1.165, 1.54) is 0 Å². The van der Waals surface area contributed by atoms with Crippen molar-refractivity contribution < 1.29 is 0 Å². The van der Waals surface area contributed by atoms with E-state index in [1.807, 2.05) is 0 Å². The second-order valence-electron chi connectivity index (χ2n) is 5.03. The summed E-state index contributed by atoms with van der Waals surface area (Å²) in [6.07, 6.45) is 1.10. The maximum absolute atomic E-state index is 11.9. The normalized spacial score (nSPS) is 11.4. The molecule has 5 heteroatoms. The standard InChI is InChI=1S/C14H18ClN3O/c1-9(2)5-6-16-8-13-17-12-7-10(15)3-4-11(12)14(19)18-13/h3-4,7,9,16H,5-6,8H2,1-2H3,(H,17,18,19). The van der Waals surface area contributed by atoms with E-state index >= 15 is 0 Å². The maximum atomic E-state index is 11.9. The second kappa shape index (κ2) is 6.17. The lowest BCUT2D eigenvalue weighted by atomic mass is 10.1. The monoisotopic (exact) mass is 279 g/mol. The average Bonchev–Trinajstić information content (AvgIpc) is 2.34. The van der Waals surface area contributed by atoms with E-state index in [4.69, 9.17) is 11.6 Å². The predicted octanol–water partition coefficient (Wildman–Crippen LogP) is 2.71. The molecule has 1 heterocycles. The Labute approximate surface area is 117 Å². The zero-order valence-corrected chi connectivity index (χ0v) is 11.9. The van der Waals surface area contributed by atoms with Gasteiger partial charge in [-0.3, -0.25) is 4.79 Å². The summed E-state index contributed by atoms with van der Waals surface area (Å²) in [4.78, 5) is 19.1. The summed E-state index contributed by atoms with van der Waals surface area (Å²) >= 11 is 5.92. The molecule has 1 aromatic carbocycles. The van der Waals surface area contributed by atoms with Crippen LogP contribution in [0.25, 0.3) is 10.9 Å². The van der Waals surface area contributed by atoms with Crippen LogP contribution in [-0.4, -0.2) is 16.5 Å². The molecule has 0 atom stereocenters. The number of fused-ring (bicyclic) bond motifs is 1. The Balaban J connectivity index is 2.14. The summed E-state index contributed by atoms with van der Waals surface area (Å²) < 4.78 is 0. The van der Waals surface area contributed by atoms with Crippen molar-refractivity contribution in [3.8, 4) is 0 Å². The van der Waals surface area contributed by atoms with Crippen molar-refractivity contribution in [2.75, 3.05) is 6.54 Å². The molecule has 0 bridgehead atoms. The van der Waals surface area contributed by atoms with E-state index in [2.05, 4.69) is 29.1 Å². The number of rotatable bonds is 5. The van der Waals surface area contributed by atoms with Crippen LogP contribution >= 0.6 is 11.6 Å². The fourth-order valence-electron chi connectivity index (χ4n) is 1.84. The highest BCUT2D eigenvalue weighted by Crippen LogP contribution is 2.14. The zero-order chi connectivity index (χ0) is 13.8. The summed E-state index contributed by atoms with van der Waals surface area (Å²) in [7, 11) is 0. The molecule has 1 aromatic heterocycles. The topological polar surface area (TPSA) is 57.8 Å². The van der Waals surface area contributed by atoms with Crippen LogP contribution in [0.4, 0.5) is 0 Å². The van der Waals surface area contributed by atoms with Crippen molar-refractivity contribution in [2.24, 2.45) is 5.92 Å². The number of nitrogens with zero attached hydrogens (tertiary/aromatic N) is 1. The Morgan fingerprint density at radius 2 is 2.21 bits per heavy atom. The van der Waals surface area contributed by atoms with Gasteiger partial charge in [0.25, 0.3) is 5.56 Å². The number of H-pyrrole nitrogens is 1. The fourth-order valence-corrected chi connectivity index (χ4v) is 2.01. The van der Waals surface area contributed by atoms with Crippen LogP contribution in [0, 0.1) is 5.92 Å². The van der Waals surface area contributed by atoms with Gasteiger partial charge in [-0.1, -0.05) is 25.4 Å². The molecule has 0 fully saturated rings. The molecule has 0 saturated carbocycles. The van der Waals surface area contributed by atoms with E-state index in [9.17, 15) is 4.79 Å². The Morgan fingerprint density at radius 3 is 2.95 bits per heavy atom. The van der Waals surface area contributed by atoms with E-state index in [-0.39, 0.29) is 5.56 Å². The molecule has 0 aliphatic rings. The molecule has 0 amide bonds. The summed E-state index contributed by atoms with van der Waals surface area (Å²) in [5.41, 5.74) is 0.513. The minimum Gasteiger partial charge on any atom is -0.310 e. The van der Waals surface area contributed by atoms with Gasteiger partial charge < -0.3 is 10.3 Å². The van der Waals surface area contributed by atoms with Gasteiger partial charge in [0.2, 0.25) is 0 Å². The summed E-state index contributed by atoms with van der Waals surface area (Å²) in [6.45, 7) is 5.83. The van der Waals surface area contributed by atoms with Gasteiger partial charge in [0, 0.05) is 5.02 Å². The Bertz CT molecular complexity index is 622. The molecule has 0 spiro atoms. The largest absolute Gasteiger partial charge is 0.310 e. The zero-order valence-electron chi connectivity index (χ0n) is 11.2. The number of hydrogen-bond donors (Lipinski definition) is 2. The third-order valence-corrected chi connectivity index (χ3v) is 3.14. The van der Waals surface area contributed by atoms with Crippen LogP contribution in [-0.2, 0) is 6.54 Å². The number of halogens is 1. The minimum absolute atomic E-state index is 0.123. The van der Waals surface area contributed by atoms with E-state index in [0.717, 1.165) is 13.0 Å². The predicted molar refractivity (Wildman–Crippen MR) is 78.5 cm³/mol. The van der Waals surface area contributed by atoms with Gasteiger partial charge in [-0.05, 0) is 37.1 Å². The van der Waals surface area contributed by atoms with Crippen molar-refractivity contribution in [1.29, 1.82) is 0 Å². The molecule has 4 nitrogen and oxygen atoms in total. The number of benzene rings is 1. The molecule has 2 N–H and O–H groups in total. The van der Waals surface area contributed by atoms with Crippen molar-refractivity contribution in [3.63, 3.8) is 0 Å². The number of aromatic amines is 1. The van der Waals surface area contributed by atoms with E-state index < -0.39 is 0 Å². The van der Waals surface area contributed by atoms with E-state index in [1.54, 1.807) is 18.2 Å². The molecule has 0 aliphatic heterocycles. The van der Waals surface area contributed by atoms with Crippen LogP contribution in [0.3, 0.4) is 0 Å². The van der Waals surface area contributed by atoms with Crippen molar-refractivity contribution in [3.05, 3.63) is 39.4 Å². The fraction of sp³-hybridized carbons (Fsp3) is 0.429. The quantitative estimate of drug-likeness (QED) is 0.828. The summed E-state index contributed by atoms with van der Waals surface area (Å²) in [5, 5.41) is 4.43. The molecule has 0 radical (unpaired) electrons. The van der Waals surface area contributed by atoms with Crippen molar-refractivity contribution >= 4 is 22.5 Å². The maximum Gasteiger partial charge on any atom is 0.258 e. The van der Waals surface area contributed by atoms with Gasteiger partial charge in [-0.2, -0.15) is 0 Å². The van der Waals surface area contributed by atoms with Crippen LogP contribution in [0.2, 0.25) is 5.02 Å². The molecule has 0 aliphatic carbocycles. The Morgan fingerprint density at radius 1 is 1.42 bits per heavy atom. The molecular formula is C14H18ClN3O.